The van der Waals surface area contributed by atoms with E-state index in [1.807, 2.05) is 24.3 Å². The fourth-order valence-corrected chi connectivity index (χ4v) is 2.81. The molecule has 0 heterocycles. The first kappa shape index (κ1) is 20.3. The first-order valence-corrected chi connectivity index (χ1v) is 9.53. The smallest absolute Gasteiger partial charge is 0.411 e. The van der Waals surface area contributed by atoms with Crippen LogP contribution in [0.1, 0.15) is 25.0 Å². The molecule has 0 aliphatic rings. The van der Waals surface area contributed by atoms with E-state index in [9.17, 15) is 9.90 Å². The van der Waals surface area contributed by atoms with Crippen molar-refractivity contribution < 1.29 is 14.6 Å². The van der Waals surface area contributed by atoms with Gasteiger partial charge in [-0.25, -0.2) is 4.79 Å². The van der Waals surface area contributed by atoms with Gasteiger partial charge in [0.1, 0.15) is 5.75 Å². The fourth-order valence-electron chi connectivity index (χ4n) is 2.54. The van der Waals surface area contributed by atoms with Gasteiger partial charge in [0.2, 0.25) is 0 Å². The number of hydrogen-bond acceptors (Lipinski definition) is 4. The third-order valence-electron chi connectivity index (χ3n) is 4.15. The summed E-state index contributed by atoms with van der Waals surface area (Å²) < 4.78 is 6.26. The number of benzene rings is 2. The fraction of sp³-hybridized carbons (Fsp3) is 0.350. The number of amides is 1. The van der Waals surface area contributed by atoms with Gasteiger partial charge in [0.15, 0.2) is 0 Å². The molecule has 0 aliphatic carbocycles. The van der Waals surface area contributed by atoms with Crippen molar-refractivity contribution in [2.45, 2.75) is 26.8 Å². The molecule has 6 heteroatoms. The number of nitrogens with zero attached hydrogens (tertiary/aromatic N) is 1. The van der Waals surface area contributed by atoms with Crippen LogP contribution >= 0.6 is 15.9 Å². The molecule has 5 nitrogen and oxygen atoms in total. The number of aromatic hydroxyl groups is 1. The van der Waals surface area contributed by atoms with Gasteiger partial charge in [-0.3, -0.25) is 10.2 Å². The summed E-state index contributed by atoms with van der Waals surface area (Å²) in [5.74, 6) is 0.228. The summed E-state index contributed by atoms with van der Waals surface area (Å²) >= 11 is 3.39. The maximum absolute atomic E-state index is 12.0. The van der Waals surface area contributed by atoms with Gasteiger partial charge < -0.3 is 9.84 Å². The number of anilines is 1. The lowest BCUT2D eigenvalue weighted by Gasteiger charge is -2.19. The number of rotatable bonds is 8. The van der Waals surface area contributed by atoms with E-state index in [0.29, 0.717) is 25.3 Å². The number of ether oxygens (including phenoxy) is 1. The Morgan fingerprint density at radius 1 is 1.15 bits per heavy atom. The van der Waals surface area contributed by atoms with Crippen LogP contribution in [0.2, 0.25) is 0 Å². The average molecular weight is 421 g/mol. The van der Waals surface area contributed by atoms with Crippen molar-refractivity contribution in [3.05, 3.63) is 58.1 Å². The van der Waals surface area contributed by atoms with E-state index in [0.717, 1.165) is 28.7 Å². The minimum Gasteiger partial charge on any atom is -0.508 e. The standard InChI is InChI=1S/C20H25BrN2O3/c1-3-23(4-2)14-16-13-18(9-10-19(16)24)22-20(25)26-12-11-15-5-7-17(21)8-6-15/h5-10,13,24H,3-4,11-12,14H2,1-2H3,(H,22,25). The largest absolute Gasteiger partial charge is 0.508 e. The summed E-state index contributed by atoms with van der Waals surface area (Å²) in [5, 5.41) is 12.7. The molecule has 0 unspecified atom stereocenters. The van der Waals surface area contributed by atoms with Crippen LogP contribution in [-0.2, 0) is 17.7 Å². The highest BCUT2D eigenvalue weighted by atomic mass is 79.9. The zero-order chi connectivity index (χ0) is 18.9. The number of nitrogens with one attached hydrogen (secondary N) is 1. The van der Waals surface area contributed by atoms with Gasteiger partial charge >= 0.3 is 6.09 Å². The van der Waals surface area contributed by atoms with Gasteiger partial charge in [-0.15, -0.1) is 0 Å². The number of hydrogen-bond donors (Lipinski definition) is 2. The topological polar surface area (TPSA) is 61.8 Å². The highest BCUT2D eigenvalue weighted by molar-refractivity contribution is 9.10. The number of halogens is 1. The van der Waals surface area contributed by atoms with E-state index in [2.05, 4.69) is 40.0 Å². The molecule has 140 valence electrons. The van der Waals surface area contributed by atoms with Gasteiger partial charge in [0, 0.05) is 28.7 Å². The second kappa shape index (κ2) is 10.2. The molecule has 1 amide bonds. The van der Waals surface area contributed by atoms with Crippen molar-refractivity contribution in [1.29, 1.82) is 0 Å². The summed E-state index contributed by atoms with van der Waals surface area (Å²) in [5.41, 5.74) is 2.49. The molecule has 2 aromatic carbocycles. The third kappa shape index (κ3) is 6.35. The number of carbonyl (C=O) groups is 1. The highest BCUT2D eigenvalue weighted by Gasteiger charge is 2.09. The SMILES string of the molecule is CCN(CC)Cc1cc(NC(=O)OCCc2ccc(Br)cc2)ccc1O. The van der Waals surface area contributed by atoms with Crippen LogP contribution in [0.5, 0.6) is 5.75 Å². The molecule has 0 saturated carbocycles. The van der Waals surface area contributed by atoms with E-state index in [-0.39, 0.29) is 5.75 Å². The van der Waals surface area contributed by atoms with Gasteiger partial charge in [0.05, 0.1) is 6.61 Å². The Kier molecular flexibility index (Phi) is 7.94. The van der Waals surface area contributed by atoms with Gasteiger partial charge in [0.25, 0.3) is 0 Å². The Morgan fingerprint density at radius 2 is 1.85 bits per heavy atom. The van der Waals surface area contributed by atoms with Crippen LogP contribution in [0, 0.1) is 0 Å². The van der Waals surface area contributed by atoms with E-state index < -0.39 is 6.09 Å². The lowest BCUT2D eigenvalue weighted by molar-refractivity contribution is 0.163. The molecule has 0 fully saturated rings. The Morgan fingerprint density at radius 3 is 2.50 bits per heavy atom. The van der Waals surface area contributed by atoms with Crippen LogP contribution in [0.25, 0.3) is 0 Å². The zero-order valence-electron chi connectivity index (χ0n) is 15.2. The minimum absolute atomic E-state index is 0.228. The maximum atomic E-state index is 12.0. The van der Waals surface area contributed by atoms with Crippen LogP contribution in [-0.4, -0.2) is 35.8 Å². The van der Waals surface area contributed by atoms with E-state index in [1.165, 1.54) is 0 Å². The van der Waals surface area contributed by atoms with Crippen molar-refractivity contribution >= 4 is 27.7 Å². The Labute approximate surface area is 163 Å². The summed E-state index contributed by atoms with van der Waals surface area (Å²) in [6, 6.07) is 12.9. The first-order valence-electron chi connectivity index (χ1n) is 8.74. The van der Waals surface area contributed by atoms with Gasteiger partial charge in [-0.05, 0) is 49.0 Å². The third-order valence-corrected chi connectivity index (χ3v) is 4.68. The molecule has 0 bridgehead atoms. The monoisotopic (exact) mass is 420 g/mol. The molecule has 0 spiro atoms. The summed E-state index contributed by atoms with van der Waals surface area (Å²) in [6.45, 7) is 6.87. The van der Waals surface area contributed by atoms with Crippen molar-refractivity contribution in [2.75, 3.05) is 25.0 Å². The quantitative estimate of drug-likeness (QED) is 0.602. The molecule has 0 atom stereocenters. The van der Waals surface area contributed by atoms with Gasteiger partial charge in [-0.2, -0.15) is 0 Å². The predicted octanol–water partition coefficient (Wildman–Crippen LogP) is 4.79. The van der Waals surface area contributed by atoms with E-state index in [4.69, 9.17) is 4.74 Å². The number of carbonyl (C=O) groups excluding carboxylic acids is 1. The lowest BCUT2D eigenvalue weighted by atomic mass is 10.1. The molecule has 2 aromatic rings. The molecule has 2 N–H and O–H groups in total. The molecule has 2 rings (SSSR count). The second-order valence-electron chi connectivity index (χ2n) is 5.94. The van der Waals surface area contributed by atoms with Gasteiger partial charge in [-0.1, -0.05) is 41.9 Å². The highest BCUT2D eigenvalue weighted by Crippen LogP contribution is 2.23. The second-order valence-corrected chi connectivity index (χ2v) is 6.86. The van der Waals surface area contributed by atoms with Crippen LogP contribution in [0.3, 0.4) is 0 Å². The first-order chi connectivity index (χ1) is 12.5. The zero-order valence-corrected chi connectivity index (χ0v) is 16.8. The maximum Gasteiger partial charge on any atom is 0.411 e. The molecule has 0 aromatic heterocycles. The predicted molar refractivity (Wildman–Crippen MR) is 108 cm³/mol. The van der Waals surface area contributed by atoms with Crippen molar-refractivity contribution in [2.24, 2.45) is 0 Å². The number of phenolic OH excluding ortho intramolecular Hbond substituents is 1. The summed E-state index contributed by atoms with van der Waals surface area (Å²) in [4.78, 5) is 14.2. The Bertz CT molecular complexity index is 715. The summed E-state index contributed by atoms with van der Waals surface area (Å²) in [7, 11) is 0. The molecule has 0 saturated heterocycles. The average Bonchev–Trinajstić information content (AvgIpc) is 2.63. The van der Waals surface area contributed by atoms with Crippen molar-refractivity contribution in [3.8, 4) is 5.75 Å². The van der Waals surface area contributed by atoms with Crippen LogP contribution in [0.4, 0.5) is 10.5 Å². The van der Waals surface area contributed by atoms with Crippen molar-refractivity contribution in [3.63, 3.8) is 0 Å². The molecule has 26 heavy (non-hydrogen) atoms. The Hall–Kier alpha value is -2.05. The van der Waals surface area contributed by atoms with E-state index in [1.54, 1.807) is 18.2 Å². The van der Waals surface area contributed by atoms with Crippen molar-refractivity contribution in [1.82, 2.24) is 4.90 Å². The molecular weight excluding hydrogens is 396 g/mol. The van der Waals surface area contributed by atoms with E-state index >= 15 is 0 Å². The molecular formula is C20H25BrN2O3. The normalized spacial score (nSPS) is 10.8. The minimum atomic E-state index is -0.499. The lowest BCUT2D eigenvalue weighted by Crippen LogP contribution is -2.22. The molecule has 0 aliphatic heterocycles. The summed E-state index contributed by atoms with van der Waals surface area (Å²) in [6.07, 6.45) is 0.158. The molecule has 0 radical (unpaired) electrons. The van der Waals surface area contributed by atoms with Crippen LogP contribution < -0.4 is 5.32 Å². The Balaban J connectivity index is 1.86. The number of phenols is 1. The van der Waals surface area contributed by atoms with Crippen LogP contribution in [0.15, 0.2) is 46.9 Å².